The predicted octanol–water partition coefficient (Wildman–Crippen LogP) is 6.22. The molecule has 0 bridgehead atoms. The number of fused-ring (bicyclic) bond motifs is 1. The number of sulfone groups is 1. The van der Waals surface area contributed by atoms with Gasteiger partial charge in [-0.1, -0.05) is 23.7 Å². The van der Waals surface area contributed by atoms with Gasteiger partial charge < -0.3 is 25.2 Å². The van der Waals surface area contributed by atoms with Crippen LogP contribution in [0.25, 0.3) is 0 Å². The second-order valence-corrected chi connectivity index (χ2v) is 19.4. The van der Waals surface area contributed by atoms with Gasteiger partial charge in [-0.05, 0) is 125 Å². The molecule has 3 fully saturated rings. The summed E-state index contributed by atoms with van der Waals surface area (Å²) in [5.74, 6) is -0.0312. The van der Waals surface area contributed by atoms with Crippen LogP contribution in [0.3, 0.4) is 0 Å². The molecule has 4 aromatic rings. The Hall–Kier alpha value is -5.58. The summed E-state index contributed by atoms with van der Waals surface area (Å²) in [5, 5.41) is 8.24. The summed E-state index contributed by atoms with van der Waals surface area (Å²) < 4.78 is 32.0. The summed E-state index contributed by atoms with van der Waals surface area (Å²) in [5.41, 5.74) is 4.88. The second kappa shape index (κ2) is 17.1. The third kappa shape index (κ3) is 8.40. The first-order valence-corrected chi connectivity index (χ1v) is 22.5. The quantitative estimate of drug-likeness (QED) is 0.137. The molecule has 3 N–H and O–H groups in total. The highest BCUT2D eigenvalue weighted by Gasteiger charge is 2.45. The summed E-state index contributed by atoms with van der Waals surface area (Å²) in [6, 6.07) is 15.1. The molecule has 0 radical (unpaired) electrons. The van der Waals surface area contributed by atoms with Gasteiger partial charge in [0.15, 0.2) is 15.7 Å². The summed E-state index contributed by atoms with van der Waals surface area (Å²) in [4.78, 5) is 65.7. The maximum absolute atomic E-state index is 13.4. The van der Waals surface area contributed by atoms with Crippen LogP contribution in [0.2, 0.25) is 5.02 Å². The second-order valence-electron chi connectivity index (χ2n) is 16.5. The number of imide groups is 2. The van der Waals surface area contributed by atoms with Gasteiger partial charge in [0.05, 0.1) is 46.0 Å². The lowest BCUT2D eigenvalue weighted by Crippen LogP contribution is -2.54. The Kier molecular flexibility index (Phi) is 11.8. The third-order valence-corrected chi connectivity index (χ3v) is 14.8. The van der Waals surface area contributed by atoms with Crippen LogP contribution in [0, 0.1) is 12.8 Å². The number of rotatable bonds is 12. The molecule has 2 atom stereocenters. The van der Waals surface area contributed by atoms with Crippen molar-refractivity contribution >= 4 is 73.9 Å². The van der Waals surface area contributed by atoms with Gasteiger partial charge in [-0.3, -0.25) is 29.4 Å². The number of nitrogens with zero attached hydrogens (tertiary/aromatic N) is 5. The number of aromatic nitrogens is 2. The molecule has 5 heterocycles. The number of hydrogen-bond acceptors (Lipinski definition) is 13. The van der Waals surface area contributed by atoms with Gasteiger partial charge >= 0.3 is 0 Å². The van der Waals surface area contributed by atoms with Gasteiger partial charge in [0.1, 0.15) is 16.8 Å². The molecule has 3 aromatic carbocycles. The molecule has 1 unspecified atom stereocenters. The fourth-order valence-electron chi connectivity index (χ4n) is 8.91. The molecule has 4 aliphatic rings. The van der Waals surface area contributed by atoms with Crippen LogP contribution in [0.4, 0.5) is 28.8 Å². The lowest BCUT2D eigenvalue weighted by atomic mass is 9.86. The lowest BCUT2D eigenvalue weighted by molar-refractivity contribution is -0.136. The van der Waals surface area contributed by atoms with Crippen molar-refractivity contribution in [3.63, 3.8) is 0 Å². The van der Waals surface area contributed by atoms with E-state index in [1.54, 1.807) is 57.4 Å². The average Bonchev–Trinajstić information content (AvgIpc) is 3.80. The fourth-order valence-corrected chi connectivity index (χ4v) is 10.2. The van der Waals surface area contributed by atoms with Crippen molar-refractivity contribution in [2.45, 2.75) is 75.0 Å². The minimum Gasteiger partial charge on any atom is -0.495 e. The molecule has 4 aliphatic heterocycles. The standard InChI is InChI=1S/C44H49ClN8O7S/c1-25(2)61(58,59)38-8-6-5-7-34(38)47-40-33(45)22-46-44(50-40)48-35-19-26(3)31(21-37(35)60-4)28-14-16-51(17-15-28)23-27-13-18-52(24-27)29-9-10-30-32(20-29)43(57)53(42(30)56)36-11-12-39(54)49-41(36)55/h5-10,19-22,25,27-28,36H,11-18,23-24H2,1-4H3,(H,49,54,55)(H2,46,47,48,50)/t27-,36?/m0/s1. The number of para-hydroxylation sites is 1. The van der Waals surface area contributed by atoms with Crippen LogP contribution < -0.4 is 25.6 Å². The monoisotopic (exact) mass is 868 g/mol. The molecule has 61 heavy (non-hydrogen) atoms. The Balaban J connectivity index is 0.873. The zero-order valence-corrected chi connectivity index (χ0v) is 36.1. The van der Waals surface area contributed by atoms with Crippen LogP contribution in [0.5, 0.6) is 5.75 Å². The SMILES string of the molecule is COc1cc(C2CCN(C[C@@H]3CCN(c4ccc5c(c4)C(=O)N(C4CCC(=O)NC4=O)C5=O)C3)CC2)c(C)cc1Nc1ncc(Cl)c(Nc2ccccc2S(=O)(=O)C(C)C)n1. The number of likely N-dealkylation sites (tertiary alicyclic amines) is 1. The lowest BCUT2D eigenvalue weighted by Gasteiger charge is -2.34. The van der Waals surface area contributed by atoms with Crippen molar-refractivity contribution in [3.8, 4) is 5.75 Å². The number of methoxy groups -OCH3 is 1. The number of carbonyl (C=O) groups is 4. The number of nitrogens with one attached hydrogen (secondary N) is 3. The van der Waals surface area contributed by atoms with Crippen LogP contribution in [0.15, 0.2) is 65.7 Å². The summed E-state index contributed by atoms with van der Waals surface area (Å²) in [6.07, 6.45) is 4.69. The highest BCUT2D eigenvalue weighted by molar-refractivity contribution is 7.92. The maximum Gasteiger partial charge on any atom is 0.262 e. The minimum absolute atomic E-state index is 0.0830. The van der Waals surface area contributed by atoms with E-state index in [1.807, 2.05) is 12.1 Å². The van der Waals surface area contributed by atoms with Crippen molar-refractivity contribution in [1.29, 1.82) is 0 Å². The number of piperidine rings is 2. The van der Waals surface area contributed by atoms with Crippen molar-refractivity contribution in [2.75, 3.05) is 55.4 Å². The average molecular weight is 869 g/mol. The van der Waals surface area contributed by atoms with Gasteiger partial charge in [-0.15, -0.1) is 0 Å². The Morgan fingerprint density at radius 1 is 0.918 bits per heavy atom. The first-order chi connectivity index (χ1) is 29.2. The molecule has 15 nitrogen and oxygen atoms in total. The van der Waals surface area contributed by atoms with Crippen LogP contribution in [-0.2, 0) is 19.4 Å². The largest absolute Gasteiger partial charge is 0.495 e. The van der Waals surface area contributed by atoms with E-state index >= 15 is 0 Å². The van der Waals surface area contributed by atoms with Crippen LogP contribution in [0.1, 0.15) is 83.7 Å². The number of halogens is 1. The molecule has 1 aromatic heterocycles. The third-order valence-electron chi connectivity index (χ3n) is 12.3. The smallest absolute Gasteiger partial charge is 0.262 e. The number of anilines is 5. The van der Waals surface area contributed by atoms with E-state index in [0.717, 1.165) is 68.1 Å². The van der Waals surface area contributed by atoms with Gasteiger partial charge in [-0.25, -0.2) is 13.4 Å². The highest BCUT2D eigenvalue weighted by Crippen LogP contribution is 2.39. The van der Waals surface area contributed by atoms with E-state index in [1.165, 1.54) is 11.8 Å². The summed E-state index contributed by atoms with van der Waals surface area (Å²) in [7, 11) is -1.94. The molecule has 17 heteroatoms. The molecule has 4 amide bonds. The predicted molar refractivity (Wildman–Crippen MR) is 232 cm³/mol. The van der Waals surface area contributed by atoms with Crippen molar-refractivity contribution in [1.82, 2.24) is 25.1 Å². The Morgan fingerprint density at radius 2 is 1.67 bits per heavy atom. The Bertz CT molecular complexity index is 2530. The van der Waals surface area contributed by atoms with E-state index in [9.17, 15) is 27.6 Å². The number of benzene rings is 3. The van der Waals surface area contributed by atoms with E-state index in [-0.39, 0.29) is 40.1 Å². The molecule has 0 saturated carbocycles. The zero-order chi connectivity index (χ0) is 43.2. The zero-order valence-electron chi connectivity index (χ0n) is 34.5. The van der Waals surface area contributed by atoms with E-state index in [0.29, 0.717) is 34.5 Å². The van der Waals surface area contributed by atoms with E-state index in [2.05, 4.69) is 48.7 Å². The number of aryl methyl sites for hydroxylation is 1. The molecule has 0 spiro atoms. The molecular formula is C44H49ClN8O7S. The van der Waals surface area contributed by atoms with Crippen LogP contribution >= 0.6 is 11.6 Å². The van der Waals surface area contributed by atoms with Gasteiger partial charge in [0, 0.05) is 31.7 Å². The van der Waals surface area contributed by atoms with Crippen molar-refractivity contribution < 1.29 is 32.3 Å². The number of hydrogen-bond donors (Lipinski definition) is 3. The molecule has 8 rings (SSSR count). The number of ether oxygens (including phenoxy) is 1. The molecule has 320 valence electrons. The minimum atomic E-state index is -3.57. The first-order valence-electron chi connectivity index (χ1n) is 20.6. The topological polar surface area (TPSA) is 183 Å². The number of carbonyl (C=O) groups excluding carboxylic acids is 4. The fraction of sp³-hybridized carbons (Fsp3) is 0.409. The normalized spacial score (nSPS) is 20.0. The number of amides is 4. The highest BCUT2D eigenvalue weighted by atomic mass is 35.5. The summed E-state index contributed by atoms with van der Waals surface area (Å²) in [6.45, 7) is 9.95. The van der Waals surface area contributed by atoms with Crippen molar-refractivity contribution in [2.24, 2.45) is 5.92 Å². The van der Waals surface area contributed by atoms with E-state index in [4.69, 9.17) is 16.3 Å². The van der Waals surface area contributed by atoms with Gasteiger partial charge in [-0.2, -0.15) is 4.98 Å². The summed E-state index contributed by atoms with van der Waals surface area (Å²) >= 11 is 6.48. The first kappa shape index (κ1) is 42.1. The van der Waals surface area contributed by atoms with Crippen molar-refractivity contribution in [3.05, 3.63) is 88.1 Å². The Labute approximate surface area is 360 Å². The van der Waals surface area contributed by atoms with E-state index < -0.39 is 44.8 Å². The van der Waals surface area contributed by atoms with Crippen LogP contribution in [-0.4, -0.2) is 103 Å². The molecular weight excluding hydrogens is 820 g/mol. The van der Waals surface area contributed by atoms with Gasteiger partial charge in [0.2, 0.25) is 17.8 Å². The maximum atomic E-state index is 13.4. The molecule has 0 aliphatic carbocycles. The Morgan fingerprint density at radius 3 is 2.41 bits per heavy atom. The molecule has 3 saturated heterocycles. The van der Waals surface area contributed by atoms with Gasteiger partial charge in [0.25, 0.3) is 11.8 Å².